The van der Waals surface area contributed by atoms with E-state index in [1.807, 2.05) is 19.1 Å². The van der Waals surface area contributed by atoms with Gasteiger partial charge in [0.15, 0.2) is 0 Å². The Labute approximate surface area is 102 Å². The summed E-state index contributed by atoms with van der Waals surface area (Å²) < 4.78 is 0.860. The zero-order valence-electron chi connectivity index (χ0n) is 8.74. The van der Waals surface area contributed by atoms with Gasteiger partial charge in [-0.25, -0.2) is 0 Å². The number of hydrogen-bond donors (Lipinski definition) is 0. The standard InChI is InChI=1S/C12H10BrNO2/c1-2-3-6-14-10-7-8(13)4-5-9(10)11(15)12(14)16/h2-5,7H,6H2,1H3/b3-2+. The molecule has 16 heavy (non-hydrogen) atoms. The summed E-state index contributed by atoms with van der Waals surface area (Å²) in [5.74, 6) is -0.877. The van der Waals surface area contributed by atoms with E-state index in [2.05, 4.69) is 15.9 Å². The number of ketones is 1. The van der Waals surface area contributed by atoms with Crippen molar-refractivity contribution < 1.29 is 9.59 Å². The van der Waals surface area contributed by atoms with Crippen LogP contribution in [0.3, 0.4) is 0 Å². The number of carbonyl (C=O) groups is 2. The number of Topliss-reactive ketones (excluding diaryl/α,β-unsaturated/α-hetero) is 1. The first-order valence-corrected chi connectivity index (χ1v) is 5.71. The van der Waals surface area contributed by atoms with Crippen molar-refractivity contribution in [3.63, 3.8) is 0 Å². The van der Waals surface area contributed by atoms with E-state index in [4.69, 9.17) is 0 Å². The first kappa shape index (κ1) is 11.1. The van der Waals surface area contributed by atoms with Crippen LogP contribution in [0.1, 0.15) is 17.3 Å². The van der Waals surface area contributed by atoms with Crippen LogP contribution in [0.2, 0.25) is 0 Å². The van der Waals surface area contributed by atoms with Crippen molar-refractivity contribution in [2.45, 2.75) is 6.92 Å². The van der Waals surface area contributed by atoms with Crippen molar-refractivity contribution in [1.29, 1.82) is 0 Å². The van der Waals surface area contributed by atoms with Crippen LogP contribution in [0.25, 0.3) is 0 Å². The van der Waals surface area contributed by atoms with Gasteiger partial charge in [-0.05, 0) is 25.1 Å². The topological polar surface area (TPSA) is 37.4 Å². The quantitative estimate of drug-likeness (QED) is 0.616. The molecule has 0 saturated heterocycles. The van der Waals surface area contributed by atoms with Gasteiger partial charge in [-0.3, -0.25) is 9.59 Å². The maximum absolute atomic E-state index is 11.7. The molecule has 4 heteroatoms. The minimum Gasteiger partial charge on any atom is -0.301 e. The van der Waals surface area contributed by atoms with Gasteiger partial charge in [0.1, 0.15) is 0 Å². The van der Waals surface area contributed by atoms with Gasteiger partial charge in [0.25, 0.3) is 11.7 Å². The van der Waals surface area contributed by atoms with Crippen molar-refractivity contribution in [3.05, 3.63) is 40.4 Å². The predicted octanol–water partition coefficient (Wildman–Crippen LogP) is 2.55. The molecule has 0 fully saturated rings. The average molecular weight is 280 g/mol. The number of hydrogen-bond acceptors (Lipinski definition) is 2. The summed E-state index contributed by atoms with van der Waals surface area (Å²) in [6.45, 7) is 2.31. The molecule has 1 aliphatic heterocycles. The molecule has 0 saturated carbocycles. The Balaban J connectivity index is 2.47. The Morgan fingerprint density at radius 3 is 2.81 bits per heavy atom. The summed E-state index contributed by atoms with van der Waals surface area (Å²) in [5.41, 5.74) is 1.17. The van der Waals surface area contributed by atoms with Crippen molar-refractivity contribution in [2.24, 2.45) is 0 Å². The monoisotopic (exact) mass is 279 g/mol. The van der Waals surface area contributed by atoms with E-state index >= 15 is 0 Å². The molecule has 0 aliphatic carbocycles. The van der Waals surface area contributed by atoms with Crippen molar-refractivity contribution in [3.8, 4) is 0 Å². The molecule has 1 amide bonds. The lowest BCUT2D eigenvalue weighted by Gasteiger charge is -2.13. The van der Waals surface area contributed by atoms with Gasteiger partial charge in [-0.2, -0.15) is 0 Å². The largest absolute Gasteiger partial charge is 0.301 e. The van der Waals surface area contributed by atoms with E-state index < -0.39 is 11.7 Å². The van der Waals surface area contributed by atoms with Gasteiger partial charge in [-0.1, -0.05) is 28.1 Å². The highest BCUT2D eigenvalue weighted by atomic mass is 79.9. The Hall–Kier alpha value is -1.42. The van der Waals surface area contributed by atoms with Crippen LogP contribution in [-0.2, 0) is 4.79 Å². The summed E-state index contributed by atoms with van der Waals surface area (Å²) in [6.07, 6.45) is 3.70. The van der Waals surface area contributed by atoms with Crippen LogP contribution in [0, 0.1) is 0 Å². The number of rotatable bonds is 2. The smallest absolute Gasteiger partial charge is 0.299 e. The number of benzene rings is 1. The van der Waals surface area contributed by atoms with Gasteiger partial charge in [0.05, 0.1) is 11.3 Å². The van der Waals surface area contributed by atoms with Crippen LogP contribution in [0.5, 0.6) is 0 Å². The van der Waals surface area contributed by atoms with Crippen LogP contribution in [0.4, 0.5) is 5.69 Å². The van der Waals surface area contributed by atoms with E-state index in [0.29, 0.717) is 17.8 Å². The van der Waals surface area contributed by atoms with Crippen LogP contribution < -0.4 is 4.90 Å². The van der Waals surface area contributed by atoms with E-state index in [-0.39, 0.29) is 0 Å². The number of halogens is 1. The summed E-state index contributed by atoms with van der Waals surface area (Å²) in [5, 5.41) is 0. The Morgan fingerprint density at radius 2 is 2.12 bits per heavy atom. The van der Waals surface area contributed by atoms with E-state index in [1.54, 1.807) is 18.2 Å². The molecule has 0 aromatic heterocycles. The third-order valence-corrected chi connectivity index (χ3v) is 2.95. The van der Waals surface area contributed by atoms with Gasteiger partial charge in [0.2, 0.25) is 0 Å². The fourth-order valence-corrected chi connectivity index (χ4v) is 2.01. The summed E-state index contributed by atoms with van der Waals surface area (Å²) >= 11 is 3.33. The minimum atomic E-state index is -0.453. The third-order valence-electron chi connectivity index (χ3n) is 2.46. The van der Waals surface area contributed by atoms with Gasteiger partial charge in [0, 0.05) is 11.0 Å². The predicted molar refractivity (Wildman–Crippen MR) is 65.6 cm³/mol. The number of fused-ring (bicyclic) bond motifs is 1. The SMILES string of the molecule is C/C=C/CN1C(=O)C(=O)c2ccc(Br)cc21. The molecule has 1 aromatic rings. The molecule has 0 N–H and O–H groups in total. The maximum atomic E-state index is 11.7. The summed E-state index contributed by atoms with van der Waals surface area (Å²) in [7, 11) is 0. The molecule has 1 aliphatic rings. The molecule has 0 atom stereocenters. The van der Waals surface area contributed by atoms with Crippen LogP contribution in [0.15, 0.2) is 34.8 Å². The normalized spacial score (nSPS) is 15.0. The number of anilines is 1. The van der Waals surface area contributed by atoms with Gasteiger partial charge >= 0.3 is 0 Å². The molecule has 2 rings (SSSR count). The summed E-state index contributed by atoms with van der Waals surface area (Å²) in [6, 6.07) is 5.24. The molecular weight excluding hydrogens is 270 g/mol. The zero-order chi connectivity index (χ0) is 11.7. The van der Waals surface area contributed by atoms with Crippen molar-refractivity contribution >= 4 is 33.3 Å². The second-order valence-electron chi connectivity index (χ2n) is 3.48. The molecule has 3 nitrogen and oxygen atoms in total. The Morgan fingerprint density at radius 1 is 1.38 bits per heavy atom. The van der Waals surface area contributed by atoms with Crippen molar-refractivity contribution in [2.75, 3.05) is 11.4 Å². The molecule has 0 spiro atoms. The lowest BCUT2D eigenvalue weighted by atomic mass is 10.1. The highest BCUT2D eigenvalue weighted by Gasteiger charge is 2.34. The lowest BCUT2D eigenvalue weighted by Crippen LogP contribution is -2.29. The first-order valence-electron chi connectivity index (χ1n) is 4.92. The van der Waals surface area contributed by atoms with E-state index in [9.17, 15) is 9.59 Å². The molecule has 1 heterocycles. The maximum Gasteiger partial charge on any atom is 0.299 e. The fraction of sp³-hybridized carbons (Fsp3) is 0.167. The molecule has 0 unspecified atom stereocenters. The van der Waals surface area contributed by atoms with Gasteiger partial charge in [-0.15, -0.1) is 0 Å². The van der Waals surface area contributed by atoms with E-state index in [0.717, 1.165) is 4.47 Å². The number of nitrogens with zero attached hydrogens (tertiary/aromatic N) is 1. The van der Waals surface area contributed by atoms with Crippen molar-refractivity contribution in [1.82, 2.24) is 0 Å². The molecule has 0 radical (unpaired) electrons. The number of carbonyl (C=O) groups excluding carboxylic acids is 2. The fourth-order valence-electron chi connectivity index (χ4n) is 1.66. The highest BCUT2D eigenvalue weighted by Crippen LogP contribution is 2.31. The number of allylic oxidation sites excluding steroid dienone is 1. The Kier molecular flexibility index (Phi) is 2.92. The second-order valence-corrected chi connectivity index (χ2v) is 4.39. The van der Waals surface area contributed by atoms with E-state index in [1.165, 1.54) is 4.90 Å². The molecule has 82 valence electrons. The molecule has 1 aromatic carbocycles. The Bertz CT molecular complexity index is 494. The van der Waals surface area contributed by atoms with Crippen LogP contribution in [-0.4, -0.2) is 18.2 Å². The summed E-state index contributed by atoms with van der Waals surface area (Å²) in [4.78, 5) is 24.8. The zero-order valence-corrected chi connectivity index (χ0v) is 10.3. The molecular formula is C12H10BrNO2. The third kappa shape index (κ3) is 1.69. The minimum absolute atomic E-state index is 0.424. The van der Waals surface area contributed by atoms with Gasteiger partial charge < -0.3 is 4.90 Å². The second kappa shape index (κ2) is 4.22. The number of amides is 1. The average Bonchev–Trinajstić information content (AvgIpc) is 2.50. The lowest BCUT2D eigenvalue weighted by molar-refractivity contribution is -0.114. The molecule has 0 bridgehead atoms. The van der Waals surface area contributed by atoms with Crippen LogP contribution >= 0.6 is 15.9 Å². The highest BCUT2D eigenvalue weighted by molar-refractivity contribution is 9.10. The first-order chi connectivity index (χ1) is 7.65.